The Hall–Kier alpha value is -2.82. The van der Waals surface area contributed by atoms with Crippen LogP contribution in [0.15, 0.2) is 48.5 Å². The number of benzene rings is 2. The summed E-state index contributed by atoms with van der Waals surface area (Å²) >= 11 is 0. The molecule has 0 saturated carbocycles. The number of fused-ring (bicyclic) bond motifs is 1. The van der Waals surface area contributed by atoms with Crippen molar-refractivity contribution in [3.05, 3.63) is 59.7 Å². The quantitative estimate of drug-likeness (QED) is 0.728. The summed E-state index contributed by atoms with van der Waals surface area (Å²) in [5, 5.41) is 0. The summed E-state index contributed by atoms with van der Waals surface area (Å²) in [6.45, 7) is 6.48. The third kappa shape index (κ3) is 4.48. The maximum absolute atomic E-state index is 12.6. The molecule has 0 fully saturated rings. The number of esters is 1. The van der Waals surface area contributed by atoms with Crippen molar-refractivity contribution in [3.63, 3.8) is 0 Å². The van der Waals surface area contributed by atoms with Gasteiger partial charge in [-0.1, -0.05) is 32.0 Å². The molecule has 5 heteroatoms. The zero-order valence-corrected chi connectivity index (χ0v) is 16.0. The molecule has 2 aromatic rings. The second-order valence-electron chi connectivity index (χ2n) is 7.25. The maximum atomic E-state index is 12.6. The highest BCUT2D eigenvalue weighted by Crippen LogP contribution is 2.31. The van der Waals surface area contributed by atoms with Gasteiger partial charge in [0.25, 0.3) is 5.91 Å². The number of hydrogen-bond donors (Lipinski definition) is 0. The summed E-state index contributed by atoms with van der Waals surface area (Å²) in [7, 11) is 0. The number of nitrogens with zero attached hydrogens (tertiary/aromatic N) is 1. The smallest absolute Gasteiger partial charge is 0.338 e. The summed E-state index contributed by atoms with van der Waals surface area (Å²) in [5.41, 5.74) is 2.44. The third-order valence-corrected chi connectivity index (χ3v) is 4.48. The molecule has 0 N–H and O–H groups in total. The highest BCUT2D eigenvalue weighted by atomic mass is 16.5. The molecule has 0 aliphatic carbocycles. The van der Waals surface area contributed by atoms with Gasteiger partial charge < -0.3 is 14.4 Å². The number of rotatable bonds is 6. The van der Waals surface area contributed by atoms with Gasteiger partial charge in [0.05, 0.1) is 12.2 Å². The van der Waals surface area contributed by atoms with Crippen LogP contribution in [-0.4, -0.2) is 31.1 Å². The summed E-state index contributed by atoms with van der Waals surface area (Å²) in [5.74, 6) is 0.411. The molecule has 5 nitrogen and oxygen atoms in total. The zero-order chi connectivity index (χ0) is 19.4. The van der Waals surface area contributed by atoms with Crippen molar-refractivity contribution in [2.45, 2.75) is 33.2 Å². The normalized spacial score (nSPS) is 15.6. The van der Waals surface area contributed by atoms with Gasteiger partial charge in [0.15, 0.2) is 6.61 Å². The predicted octanol–water partition coefficient (Wildman–Crippen LogP) is 3.86. The number of amides is 1. The van der Waals surface area contributed by atoms with Crippen LogP contribution in [0.1, 0.15) is 36.7 Å². The molecule has 0 bridgehead atoms. The first-order chi connectivity index (χ1) is 13.0. The van der Waals surface area contributed by atoms with Crippen molar-refractivity contribution in [3.8, 4) is 5.75 Å². The Morgan fingerprint density at radius 2 is 1.81 bits per heavy atom. The first-order valence-corrected chi connectivity index (χ1v) is 9.25. The molecule has 1 aliphatic rings. The first kappa shape index (κ1) is 19.0. The van der Waals surface area contributed by atoms with Crippen molar-refractivity contribution in [2.24, 2.45) is 5.92 Å². The fourth-order valence-electron chi connectivity index (χ4n) is 3.18. The Morgan fingerprint density at radius 3 is 2.52 bits per heavy atom. The van der Waals surface area contributed by atoms with Crippen LogP contribution in [-0.2, 0) is 16.0 Å². The Labute approximate surface area is 159 Å². The molecule has 0 radical (unpaired) electrons. The highest BCUT2D eigenvalue weighted by Gasteiger charge is 2.31. The molecule has 1 heterocycles. The summed E-state index contributed by atoms with van der Waals surface area (Å²) < 4.78 is 10.8. The zero-order valence-electron chi connectivity index (χ0n) is 16.0. The van der Waals surface area contributed by atoms with Gasteiger partial charge in [-0.15, -0.1) is 0 Å². The van der Waals surface area contributed by atoms with E-state index in [1.54, 1.807) is 29.2 Å². The van der Waals surface area contributed by atoms with Gasteiger partial charge in [0.2, 0.25) is 0 Å². The largest absolute Gasteiger partial charge is 0.493 e. The van der Waals surface area contributed by atoms with E-state index in [-0.39, 0.29) is 18.6 Å². The number of ether oxygens (including phenoxy) is 2. The van der Waals surface area contributed by atoms with Crippen LogP contribution in [0.5, 0.6) is 5.75 Å². The van der Waals surface area contributed by atoms with Crippen LogP contribution in [0.4, 0.5) is 5.69 Å². The van der Waals surface area contributed by atoms with Crippen molar-refractivity contribution >= 4 is 17.6 Å². The minimum absolute atomic E-state index is 0.0611. The van der Waals surface area contributed by atoms with E-state index in [2.05, 4.69) is 13.8 Å². The molecule has 27 heavy (non-hydrogen) atoms. The molecular formula is C22H25NO4. The van der Waals surface area contributed by atoms with Crippen molar-refractivity contribution < 1.29 is 19.1 Å². The van der Waals surface area contributed by atoms with E-state index in [1.165, 1.54) is 0 Å². The molecule has 0 aromatic heterocycles. The Bertz CT molecular complexity index is 813. The predicted molar refractivity (Wildman–Crippen MR) is 104 cm³/mol. The minimum atomic E-state index is -0.515. The molecule has 1 atom stereocenters. The average molecular weight is 367 g/mol. The maximum Gasteiger partial charge on any atom is 0.338 e. The van der Waals surface area contributed by atoms with Gasteiger partial charge in [-0.3, -0.25) is 4.79 Å². The van der Waals surface area contributed by atoms with E-state index in [9.17, 15) is 9.59 Å². The van der Waals surface area contributed by atoms with Gasteiger partial charge in [-0.25, -0.2) is 4.79 Å². The number of hydrogen-bond acceptors (Lipinski definition) is 4. The Balaban J connectivity index is 1.57. The number of carbonyl (C=O) groups is 2. The van der Waals surface area contributed by atoms with E-state index >= 15 is 0 Å². The van der Waals surface area contributed by atoms with Gasteiger partial charge in [-0.2, -0.15) is 0 Å². The third-order valence-electron chi connectivity index (χ3n) is 4.48. The van der Waals surface area contributed by atoms with Crippen LogP contribution < -0.4 is 9.64 Å². The molecule has 3 rings (SSSR count). The summed E-state index contributed by atoms with van der Waals surface area (Å²) in [6, 6.07) is 14.7. The highest BCUT2D eigenvalue weighted by molar-refractivity contribution is 5.99. The monoisotopic (exact) mass is 367 g/mol. The van der Waals surface area contributed by atoms with Crippen molar-refractivity contribution in [1.29, 1.82) is 0 Å². The lowest BCUT2D eigenvalue weighted by atomic mass is 10.1. The van der Waals surface area contributed by atoms with Gasteiger partial charge >= 0.3 is 5.97 Å². The Kier molecular flexibility index (Phi) is 5.79. The lowest BCUT2D eigenvalue weighted by Gasteiger charge is -2.22. The van der Waals surface area contributed by atoms with E-state index < -0.39 is 5.97 Å². The standard InChI is InChI=1S/C22H25NO4/c1-15(2)13-26-19-10-8-17(9-11-19)22(25)27-14-21(24)23-16(3)12-18-6-4-5-7-20(18)23/h4-11,15-16H,12-14H2,1-3H3/t16-/m0/s1. The topological polar surface area (TPSA) is 55.8 Å². The van der Waals surface area contributed by atoms with E-state index in [0.717, 1.165) is 17.7 Å². The van der Waals surface area contributed by atoms with Crippen molar-refractivity contribution in [1.82, 2.24) is 0 Å². The molecule has 0 unspecified atom stereocenters. The summed E-state index contributed by atoms with van der Waals surface area (Å²) in [4.78, 5) is 26.5. The van der Waals surface area contributed by atoms with Gasteiger partial charge in [0, 0.05) is 11.7 Å². The van der Waals surface area contributed by atoms with E-state index in [0.29, 0.717) is 23.8 Å². The van der Waals surface area contributed by atoms with Crippen molar-refractivity contribution in [2.75, 3.05) is 18.1 Å². The van der Waals surface area contributed by atoms with E-state index in [1.807, 2.05) is 31.2 Å². The van der Waals surface area contributed by atoms with E-state index in [4.69, 9.17) is 9.47 Å². The summed E-state index contributed by atoms with van der Waals surface area (Å²) in [6.07, 6.45) is 0.813. The molecule has 0 spiro atoms. The molecule has 142 valence electrons. The SMILES string of the molecule is CC(C)COc1ccc(C(=O)OCC(=O)N2c3ccccc3C[C@@H]2C)cc1. The first-order valence-electron chi connectivity index (χ1n) is 9.25. The number of para-hydroxylation sites is 1. The second kappa shape index (κ2) is 8.25. The average Bonchev–Trinajstić information content (AvgIpc) is 3.00. The molecule has 1 amide bonds. The molecule has 0 saturated heterocycles. The van der Waals surface area contributed by atoms with Crippen LogP contribution in [0, 0.1) is 5.92 Å². The van der Waals surface area contributed by atoms with Gasteiger partial charge in [0.1, 0.15) is 5.75 Å². The lowest BCUT2D eigenvalue weighted by molar-refractivity contribution is -0.122. The second-order valence-corrected chi connectivity index (χ2v) is 7.25. The van der Waals surface area contributed by atoms with Crippen LogP contribution in [0.3, 0.4) is 0 Å². The fraction of sp³-hybridized carbons (Fsp3) is 0.364. The fourth-order valence-corrected chi connectivity index (χ4v) is 3.18. The van der Waals surface area contributed by atoms with Crippen LogP contribution in [0.2, 0.25) is 0 Å². The van der Waals surface area contributed by atoms with Crippen LogP contribution in [0.25, 0.3) is 0 Å². The molecular weight excluding hydrogens is 342 g/mol. The Morgan fingerprint density at radius 1 is 1.11 bits per heavy atom. The lowest BCUT2D eigenvalue weighted by Crippen LogP contribution is -2.38. The molecule has 2 aromatic carbocycles. The number of anilines is 1. The number of carbonyl (C=O) groups excluding carboxylic acids is 2. The van der Waals surface area contributed by atoms with Gasteiger partial charge in [-0.05, 0) is 55.2 Å². The minimum Gasteiger partial charge on any atom is -0.493 e. The van der Waals surface area contributed by atoms with Crippen LogP contribution >= 0.6 is 0 Å². The molecule has 1 aliphatic heterocycles.